The van der Waals surface area contributed by atoms with Crippen LogP contribution >= 0.6 is 11.3 Å². The fourth-order valence-corrected chi connectivity index (χ4v) is 3.76. The molecule has 0 fully saturated rings. The predicted molar refractivity (Wildman–Crippen MR) is 117 cm³/mol. The monoisotopic (exact) mass is 367 g/mol. The van der Waals surface area contributed by atoms with E-state index >= 15 is 0 Å². The SMILES string of the molecule is c1ccc2[nH]ccc2c1.c1ccc2c(c1)Cc1ccccc1-2.c1ccsc1. The molecule has 5 aromatic rings. The van der Waals surface area contributed by atoms with E-state index in [1.165, 1.54) is 33.2 Å². The maximum atomic E-state index is 3.12. The van der Waals surface area contributed by atoms with E-state index in [4.69, 9.17) is 0 Å². The third kappa shape index (κ3) is 4.18. The molecule has 0 saturated heterocycles. The topological polar surface area (TPSA) is 15.8 Å². The number of para-hydroxylation sites is 1. The Morgan fingerprint density at radius 1 is 0.593 bits per heavy atom. The predicted octanol–water partition coefficient (Wildman–Crippen LogP) is 7.17. The summed E-state index contributed by atoms with van der Waals surface area (Å²) in [4.78, 5) is 3.12. The first-order chi connectivity index (χ1) is 13.4. The quantitative estimate of drug-likeness (QED) is 0.293. The number of thiophene rings is 1. The van der Waals surface area contributed by atoms with Gasteiger partial charge >= 0.3 is 0 Å². The summed E-state index contributed by atoms with van der Waals surface area (Å²) < 4.78 is 0. The molecule has 0 atom stereocenters. The zero-order valence-corrected chi connectivity index (χ0v) is 15.8. The number of nitrogens with one attached hydrogen (secondary N) is 1. The summed E-state index contributed by atoms with van der Waals surface area (Å²) in [7, 11) is 0. The second kappa shape index (κ2) is 8.52. The van der Waals surface area contributed by atoms with E-state index in [-0.39, 0.29) is 0 Å². The van der Waals surface area contributed by atoms with Crippen LogP contribution in [0.2, 0.25) is 0 Å². The van der Waals surface area contributed by atoms with E-state index in [2.05, 4.69) is 71.7 Å². The summed E-state index contributed by atoms with van der Waals surface area (Å²) in [6.07, 6.45) is 3.05. The Bertz CT molecular complexity index is 1020. The molecular weight excluding hydrogens is 346 g/mol. The molecule has 6 rings (SSSR count). The standard InChI is InChI=1S/C13H10.C8H7N.C4H4S/c1-3-7-12-10(5-1)9-11-6-2-4-8-13(11)12;1-2-4-8-7(3-1)5-6-9-8;1-2-4-5-3-1/h1-8H,9H2;1-6,9H;1-4H. The van der Waals surface area contributed by atoms with Crippen molar-refractivity contribution in [1.82, 2.24) is 4.98 Å². The number of rotatable bonds is 0. The Kier molecular flexibility index (Phi) is 5.47. The molecule has 0 radical (unpaired) electrons. The summed E-state index contributed by atoms with van der Waals surface area (Å²) in [5.41, 5.74) is 6.96. The third-order valence-corrected chi connectivity index (χ3v) is 5.22. The molecule has 0 spiro atoms. The van der Waals surface area contributed by atoms with Crippen molar-refractivity contribution in [1.29, 1.82) is 0 Å². The third-order valence-electron chi connectivity index (χ3n) is 4.59. The molecule has 1 aliphatic carbocycles. The van der Waals surface area contributed by atoms with Gasteiger partial charge in [-0.15, -0.1) is 0 Å². The lowest BCUT2D eigenvalue weighted by Gasteiger charge is -1.98. The van der Waals surface area contributed by atoms with Crippen LogP contribution in [0.15, 0.2) is 108 Å². The lowest BCUT2D eigenvalue weighted by molar-refractivity contribution is 1.26. The molecule has 0 bridgehead atoms. The van der Waals surface area contributed by atoms with Crippen molar-refractivity contribution >= 4 is 22.2 Å². The largest absolute Gasteiger partial charge is 0.361 e. The number of benzene rings is 3. The molecule has 2 heteroatoms. The number of hydrogen-bond donors (Lipinski definition) is 1. The molecule has 3 aromatic carbocycles. The van der Waals surface area contributed by atoms with Crippen LogP contribution in [0.1, 0.15) is 11.1 Å². The van der Waals surface area contributed by atoms with Crippen LogP contribution in [0, 0.1) is 0 Å². The fourth-order valence-electron chi connectivity index (χ4n) is 3.30. The summed E-state index contributed by atoms with van der Waals surface area (Å²) in [6.45, 7) is 0. The molecule has 0 saturated carbocycles. The van der Waals surface area contributed by atoms with E-state index in [0.29, 0.717) is 0 Å². The average Bonchev–Trinajstić information content (AvgIpc) is 3.49. The highest BCUT2D eigenvalue weighted by Crippen LogP contribution is 2.35. The van der Waals surface area contributed by atoms with Crippen LogP contribution in [0.25, 0.3) is 22.0 Å². The van der Waals surface area contributed by atoms with Crippen molar-refractivity contribution < 1.29 is 0 Å². The van der Waals surface area contributed by atoms with Gasteiger partial charge in [-0.3, -0.25) is 0 Å². The Balaban J connectivity index is 0.000000111. The number of fused-ring (bicyclic) bond motifs is 4. The minimum absolute atomic E-state index is 1.10. The molecule has 0 aliphatic heterocycles. The van der Waals surface area contributed by atoms with Gasteiger partial charge in [0, 0.05) is 11.7 Å². The van der Waals surface area contributed by atoms with E-state index in [1.807, 2.05) is 41.2 Å². The van der Waals surface area contributed by atoms with Gasteiger partial charge in [0.1, 0.15) is 0 Å². The van der Waals surface area contributed by atoms with Crippen molar-refractivity contribution in [2.45, 2.75) is 6.42 Å². The number of H-pyrrole nitrogens is 1. The van der Waals surface area contributed by atoms with Crippen LogP contribution < -0.4 is 0 Å². The van der Waals surface area contributed by atoms with Crippen LogP contribution in [0.5, 0.6) is 0 Å². The highest BCUT2D eigenvalue weighted by molar-refractivity contribution is 7.07. The number of aromatic nitrogens is 1. The molecule has 1 aliphatic rings. The summed E-state index contributed by atoms with van der Waals surface area (Å²) in [5, 5.41) is 5.36. The van der Waals surface area contributed by atoms with Gasteiger partial charge in [0.05, 0.1) is 0 Å². The molecule has 0 amide bonds. The van der Waals surface area contributed by atoms with Crippen molar-refractivity contribution in [3.8, 4) is 11.1 Å². The van der Waals surface area contributed by atoms with Crippen molar-refractivity contribution in [3.63, 3.8) is 0 Å². The molecule has 132 valence electrons. The van der Waals surface area contributed by atoms with Gasteiger partial charge in [0.2, 0.25) is 0 Å². The van der Waals surface area contributed by atoms with Crippen molar-refractivity contribution in [3.05, 3.63) is 119 Å². The van der Waals surface area contributed by atoms with Crippen LogP contribution in [-0.4, -0.2) is 4.98 Å². The van der Waals surface area contributed by atoms with Gasteiger partial charge in [0.25, 0.3) is 0 Å². The average molecular weight is 368 g/mol. The maximum absolute atomic E-state index is 3.12. The first kappa shape index (κ1) is 17.3. The lowest BCUT2D eigenvalue weighted by atomic mass is 10.1. The van der Waals surface area contributed by atoms with Crippen LogP contribution in [-0.2, 0) is 6.42 Å². The minimum atomic E-state index is 1.10. The second-order valence-corrected chi connectivity index (χ2v) is 7.17. The molecular formula is C25H21NS. The Morgan fingerprint density at radius 3 is 1.78 bits per heavy atom. The van der Waals surface area contributed by atoms with E-state index in [9.17, 15) is 0 Å². The highest BCUT2D eigenvalue weighted by atomic mass is 32.1. The molecule has 1 nitrogen and oxygen atoms in total. The van der Waals surface area contributed by atoms with Crippen LogP contribution in [0.4, 0.5) is 0 Å². The smallest absolute Gasteiger partial charge is 0.0453 e. The zero-order valence-electron chi connectivity index (χ0n) is 15.0. The molecule has 27 heavy (non-hydrogen) atoms. The second-order valence-electron chi connectivity index (χ2n) is 6.35. The zero-order chi connectivity index (χ0) is 18.3. The van der Waals surface area contributed by atoms with Crippen molar-refractivity contribution in [2.75, 3.05) is 0 Å². The van der Waals surface area contributed by atoms with Gasteiger partial charge in [-0.25, -0.2) is 0 Å². The number of hydrogen-bond acceptors (Lipinski definition) is 1. The van der Waals surface area contributed by atoms with Gasteiger partial charge in [-0.2, -0.15) is 11.3 Å². The van der Waals surface area contributed by atoms with E-state index in [1.54, 1.807) is 11.3 Å². The van der Waals surface area contributed by atoms with Crippen LogP contribution in [0.3, 0.4) is 0 Å². The maximum Gasteiger partial charge on any atom is 0.0453 e. The lowest BCUT2D eigenvalue weighted by Crippen LogP contribution is -1.77. The van der Waals surface area contributed by atoms with Gasteiger partial charge in [-0.05, 0) is 57.0 Å². The minimum Gasteiger partial charge on any atom is -0.361 e. The van der Waals surface area contributed by atoms with E-state index in [0.717, 1.165) is 6.42 Å². The molecule has 1 N–H and O–H groups in total. The Morgan fingerprint density at radius 2 is 1.19 bits per heavy atom. The molecule has 0 unspecified atom stereocenters. The summed E-state index contributed by atoms with van der Waals surface area (Å²) in [6, 6.07) is 31.6. The van der Waals surface area contributed by atoms with E-state index < -0.39 is 0 Å². The number of aromatic amines is 1. The van der Waals surface area contributed by atoms with Crippen molar-refractivity contribution in [2.24, 2.45) is 0 Å². The van der Waals surface area contributed by atoms with Gasteiger partial charge in [-0.1, -0.05) is 78.9 Å². The summed E-state index contributed by atoms with van der Waals surface area (Å²) >= 11 is 1.71. The fraction of sp³-hybridized carbons (Fsp3) is 0.0400. The first-order valence-corrected chi connectivity index (χ1v) is 10.0. The van der Waals surface area contributed by atoms with Gasteiger partial charge in [0.15, 0.2) is 0 Å². The molecule has 2 aromatic heterocycles. The Hall–Kier alpha value is -3.10. The first-order valence-electron chi connectivity index (χ1n) is 9.07. The highest BCUT2D eigenvalue weighted by Gasteiger charge is 2.15. The summed E-state index contributed by atoms with van der Waals surface area (Å²) in [5.74, 6) is 0. The Labute approximate surface area is 164 Å². The van der Waals surface area contributed by atoms with Gasteiger partial charge < -0.3 is 4.98 Å². The normalized spacial score (nSPS) is 10.8. The molecule has 2 heterocycles.